The van der Waals surface area contributed by atoms with Gasteiger partial charge in [-0.25, -0.2) is 14.2 Å². The highest BCUT2D eigenvalue weighted by Gasteiger charge is 2.30. The molecule has 0 unspecified atom stereocenters. The van der Waals surface area contributed by atoms with Gasteiger partial charge in [-0.05, 0) is 48.5 Å². The summed E-state index contributed by atoms with van der Waals surface area (Å²) in [6.45, 7) is 0. The maximum atomic E-state index is 13.8. The van der Waals surface area contributed by atoms with Crippen LogP contribution < -0.4 is 15.4 Å². The fourth-order valence-electron chi connectivity index (χ4n) is 2.28. The number of benzene rings is 2. The fraction of sp³-hybridized carbons (Fsp3) is 0.0526. The van der Waals surface area contributed by atoms with Crippen molar-refractivity contribution in [2.24, 2.45) is 0 Å². The zero-order valence-electron chi connectivity index (χ0n) is 14.4. The van der Waals surface area contributed by atoms with Gasteiger partial charge in [0.2, 0.25) is 5.88 Å². The van der Waals surface area contributed by atoms with Crippen molar-refractivity contribution >= 4 is 29.0 Å². The van der Waals surface area contributed by atoms with Gasteiger partial charge in [-0.2, -0.15) is 13.2 Å². The number of carbonyl (C=O) groups is 1. The predicted octanol–water partition coefficient (Wildman–Crippen LogP) is 6.33. The van der Waals surface area contributed by atoms with Gasteiger partial charge in [-0.1, -0.05) is 17.7 Å². The summed E-state index contributed by atoms with van der Waals surface area (Å²) in [6, 6.07) is 10.0. The van der Waals surface area contributed by atoms with Crippen LogP contribution in [0.4, 0.5) is 33.7 Å². The molecule has 2 aromatic carbocycles. The molecule has 2 amide bonds. The number of aromatic nitrogens is 1. The lowest BCUT2D eigenvalue weighted by molar-refractivity contribution is -0.137. The minimum atomic E-state index is -4.53. The lowest BCUT2D eigenvalue weighted by Crippen LogP contribution is -2.20. The van der Waals surface area contributed by atoms with Gasteiger partial charge in [-0.15, -0.1) is 0 Å². The first-order valence-electron chi connectivity index (χ1n) is 8.05. The molecule has 0 atom stereocenters. The van der Waals surface area contributed by atoms with E-state index in [2.05, 4.69) is 15.6 Å². The van der Waals surface area contributed by atoms with Crippen LogP contribution in [-0.4, -0.2) is 11.0 Å². The Morgan fingerprint density at radius 2 is 1.76 bits per heavy atom. The number of ether oxygens (including phenoxy) is 1. The Morgan fingerprint density at radius 3 is 2.48 bits per heavy atom. The molecule has 0 fully saturated rings. The number of hydrogen-bond acceptors (Lipinski definition) is 3. The van der Waals surface area contributed by atoms with E-state index in [1.165, 1.54) is 42.6 Å². The number of rotatable bonds is 4. The second-order valence-corrected chi connectivity index (χ2v) is 6.12. The summed E-state index contributed by atoms with van der Waals surface area (Å²) in [7, 11) is 0. The SMILES string of the molecule is O=C(Nc1ccc(Cl)cc1F)Nc1cccnc1Oc1cccc(C(F)(F)F)c1. The van der Waals surface area contributed by atoms with Crippen LogP contribution >= 0.6 is 11.6 Å². The van der Waals surface area contributed by atoms with E-state index in [9.17, 15) is 22.4 Å². The van der Waals surface area contributed by atoms with Crippen molar-refractivity contribution in [1.29, 1.82) is 0 Å². The number of nitrogens with zero attached hydrogens (tertiary/aromatic N) is 1. The standard InChI is InChI=1S/C19H12ClF4N3O2/c20-12-6-7-15(14(21)10-12)26-18(28)27-16-5-2-8-25-17(16)29-13-4-1-3-11(9-13)19(22,23)24/h1-10H,(H2,26,27,28). The molecule has 0 saturated carbocycles. The Bertz CT molecular complexity index is 1040. The van der Waals surface area contributed by atoms with Gasteiger partial charge in [0.05, 0.1) is 11.3 Å². The highest BCUT2D eigenvalue weighted by atomic mass is 35.5. The Kier molecular flexibility index (Phi) is 5.88. The topological polar surface area (TPSA) is 63.2 Å². The molecule has 3 aromatic rings. The van der Waals surface area contributed by atoms with Crippen molar-refractivity contribution in [2.45, 2.75) is 6.18 Å². The largest absolute Gasteiger partial charge is 0.437 e. The average Bonchev–Trinajstić information content (AvgIpc) is 2.65. The van der Waals surface area contributed by atoms with E-state index in [1.54, 1.807) is 0 Å². The van der Waals surface area contributed by atoms with Gasteiger partial charge in [0.1, 0.15) is 17.3 Å². The van der Waals surface area contributed by atoms with E-state index in [1.807, 2.05) is 0 Å². The van der Waals surface area contributed by atoms with Crippen molar-refractivity contribution in [3.63, 3.8) is 0 Å². The quantitative estimate of drug-likeness (QED) is 0.480. The van der Waals surface area contributed by atoms with E-state index in [4.69, 9.17) is 16.3 Å². The normalized spacial score (nSPS) is 11.1. The highest BCUT2D eigenvalue weighted by molar-refractivity contribution is 6.30. The monoisotopic (exact) mass is 425 g/mol. The van der Waals surface area contributed by atoms with Crippen LogP contribution in [-0.2, 0) is 6.18 Å². The smallest absolute Gasteiger partial charge is 0.416 e. The predicted molar refractivity (Wildman–Crippen MR) is 99.8 cm³/mol. The molecule has 5 nitrogen and oxygen atoms in total. The Balaban J connectivity index is 1.76. The maximum absolute atomic E-state index is 13.8. The summed E-state index contributed by atoms with van der Waals surface area (Å²) in [5.41, 5.74) is -0.940. The summed E-state index contributed by atoms with van der Waals surface area (Å²) in [5.74, 6) is -0.997. The van der Waals surface area contributed by atoms with E-state index in [-0.39, 0.29) is 28.0 Å². The summed E-state index contributed by atoms with van der Waals surface area (Å²) >= 11 is 5.66. The molecule has 150 valence electrons. The lowest BCUT2D eigenvalue weighted by Gasteiger charge is -2.13. The lowest BCUT2D eigenvalue weighted by atomic mass is 10.2. The molecule has 0 spiro atoms. The van der Waals surface area contributed by atoms with Crippen LogP contribution in [0.3, 0.4) is 0 Å². The molecule has 10 heteroatoms. The number of amides is 2. The second-order valence-electron chi connectivity index (χ2n) is 5.69. The number of carbonyl (C=O) groups excluding carboxylic acids is 1. The molecule has 0 bridgehead atoms. The number of pyridine rings is 1. The molecule has 0 aliphatic rings. The maximum Gasteiger partial charge on any atom is 0.416 e. The first-order chi connectivity index (χ1) is 13.7. The van der Waals surface area contributed by atoms with Crippen molar-refractivity contribution in [3.05, 3.63) is 77.2 Å². The van der Waals surface area contributed by atoms with Crippen molar-refractivity contribution in [3.8, 4) is 11.6 Å². The first-order valence-corrected chi connectivity index (χ1v) is 8.43. The molecule has 3 rings (SSSR count). The molecule has 0 saturated heterocycles. The molecule has 0 aliphatic carbocycles. The van der Waals surface area contributed by atoms with Crippen LogP contribution in [0.25, 0.3) is 0 Å². The fourth-order valence-corrected chi connectivity index (χ4v) is 2.44. The Hall–Kier alpha value is -3.33. The van der Waals surface area contributed by atoms with Gasteiger partial charge in [0.25, 0.3) is 0 Å². The van der Waals surface area contributed by atoms with E-state index >= 15 is 0 Å². The number of hydrogen-bond donors (Lipinski definition) is 2. The van der Waals surface area contributed by atoms with Gasteiger partial charge >= 0.3 is 12.2 Å². The zero-order valence-corrected chi connectivity index (χ0v) is 15.2. The van der Waals surface area contributed by atoms with E-state index in [0.29, 0.717) is 0 Å². The number of urea groups is 1. The Morgan fingerprint density at radius 1 is 1.00 bits per heavy atom. The third-order valence-electron chi connectivity index (χ3n) is 3.57. The summed E-state index contributed by atoms with van der Waals surface area (Å²) in [5, 5.41) is 4.86. The summed E-state index contributed by atoms with van der Waals surface area (Å²) in [4.78, 5) is 16.1. The zero-order chi connectivity index (χ0) is 21.0. The van der Waals surface area contributed by atoms with Crippen molar-refractivity contribution in [1.82, 2.24) is 4.98 Å². The van der Waals surface area contributed by atoms with Crippen LogP contribution in [0.15, 0.2) is 60.8 Å². The molecule has 2 N–H and O–H groups in total. The third kappa shape index (κ3) is 5.35. The van der Waals surface area contributed by atoms with Gasteiger partial charge in [-0.3, -0.25) is 0 Å². The van der Waals surface area contributed by atoms with Crippen LogP contribution in [0.1, 0.15) is 5.56 Å². The molecule has 0 aliphatic heterocycles. The summed E-state index contributed by atoms with van der Waals surface area (Å²) in [6.07, 6.45) is -3.20. The van der Waals surface area contributed by atoms with Gasteiger partial charge in [0, 0.05) is 11.2 Å². The molecule has 1 aromatic heterocycles. The van der Waals surface area contributed by atoms with E-state index in [0.717, 1.165) is 18.2 Å². The molecular weight excluding hydrogens is 414 g/mol. The van der Waals surface area contributed by atoms with Gasteiger partial charge in [0.15, 0.2) is 0 Å². The van der Waals surface area contributed by atoms with Crippen LogP contribution in [0, 0.1) is 5.82 Å². The van der Waals surface area contributed by atoms with Crippen LogP contribution in [0.5, 0.6) is 11.6 Å². The van der Waals surface area contributed by atoms with Crippen molar-refractivity contribution in [2.75, 3.05) is 10.6 Å². The molecule has 0 radical (unpaired) electrons. The average molecular weight is 426 g/mol. The molecule has 29 heavy (non-hydrogen) atoms. The Labute approximate surface area is 167 Å². The van der Waals surface area contributed by atoms with Crippen molar-refractivity contribution < 1.29 is 27.1 Å². The minimum absolute atomic E-state index is 0.0665. The summed E-state index contributed by atoms with van der Waals surface area (Å²) < 4.78 is 57.7. The van der Waals surface area contributed by atoms with E-state index < -0.39 is 23.6 Å². The number of nitrogens with one attached hydrogen (secondary N) is 2. The first kappa shape index (κ1) is 20.4. The number of anilines is 2. The third-order valence-corrected chi connectivity index (χ3v) is 3.81. The number of alkyl halides is 3. The second kappa shape index (κ2) is 8.36. The molecule has 1 heterocycles. The van der Waals surface area contributed by atoms with Crippen LogP contribution in [0.2, 0.25) is 5.02 Å². The number of halogens is 5. The molecular formula is C19H12ClF4N3O2. The highest BCUT2D eigenvalue weighted by Crippen LogP contribution is 2.33. The minimum Gasteiger partial charge on any atom is -0.437 e. The van der Waals surface area contributed by atoms with Gasteiger partial charge < -0.3 is 15.4 Å².